The molecule has 2 aromatic carbocycles. The average molecular weight is 588 g/mol. The zero-order valence-electron chi connectivity index (χ0n) is 22.7. The second kappa shape index (κ2) is 9.47. The van der Waals surface area contributed by atoms with E-state index in [4.69, 9.17) is 47.7 Å². The molecule has 3 aliphatic rings. The Morgan fingerprint density at radius 3 is 2.40 bits per heavy atom. The second-order valence-corrected chi connectivity index (χ2v) is 12.4. The molecule has 6 rings (SSSR count). The number of imidazole rings is 1. The molecule has 210 valence electrons. The first-order chi connectivity index (χ1) is 19.4. The Bertz CT molecular complexity index is 1580. The van der Waals surface area contributed by atoms with Gasteiger partial charge >= 0.3 is 6.18 Å². The van der Waals surface area contributed by atoms with Gasteiger partial charge in [-0.05, 0) is 80.9 Å². The number of anilines is 1. The molecule has 3 heterocycles. The summed E-state index contributed by atoms with van der Waals surface area (Å²) in [5.41, 5.74) is -1.47. The number of rotatable bonds is 5. The maximum atomic E-state index is 14.3. The minimum Gasteiger partial charge on any atom is -0.507 e. The van der Waals surface area contributed by atoms with Crippen LogP contribution in [-0.4, -0.2) is 86.3 Å². The molecule has 7 nitrogen and oxygen atoms in total. The minimum absolute atomic E-state index is 0.00583. The third-order valence-corrected chi connectivity index (χ3v) is 9.16. The number of hydrogen-bond acceptors (Lipinski definition) is 5. The number of alkyl halides is 3. The second-order valence-electron chi connectivity index (χ2n) is 12.0. The molecular weight excluding hydrogens is 564 g/mol. The Labute approximate surface area is 251 Å². The summed E-state index contributed by atoms with van der Waals surface area (Å²) in [6.07, 6.45) is -2.24. The van der Waals surface area contributed by atoms with Crippen molar-refractivity contribution in [2.75, 3.05) is 18.4 Å². The van der Waals surface area contributed by atoms with Crippen LogP contribution in [0.5, 0.6) is 5.75 Å². The number of aliphatic hydroxyl groups is 1. The standard InChI is InChI=1S/C27H24B4ClF3N4O3/c1-23(41)11-15(12-23)39-13-36-20-10-16(9-18(21(20)39)25(33,34)35)42-27(30,31)26(28,29)38-6-4-24(5-7-38)17-8-14(32)2-3-19(17)37-22(24)40/h2-3,8-10,13,15,41H,4-7,11-12H2,1H3,(H,37,40). The lowest BCUT2D eigenvalue weighted by molar-refractivity contribution is -0.136. The quantitative estimate of drug-likeness (QED) is 0.449. The van der Waals surface area contributed by atoms with Gasteiger partial charge in [0.25, 0.3) is 0 Å². The van der Waals surface area contributed by atoms with E-state index in [2.05, 4.69) is 10.3 Å². The number of nitrogens with zero attached hydrogens (tertiary/aromatic N) is 3. The van der Waals surface area contributed by atoms with E-state index < -0.39 is 33.5 Å². The minimum atomic E-state index is -4.77. The molecule has 0 bridgehead atoms. The molecule has 8 radical (unpaired) electrons. The number of halogens is 4. The molecular formula is C27H24B4ClF3N4O3. The average Bonchev–Trinajstić information content (AvgIpc) is 3.40. The summed E-state index contributed by atoms with van der Waals surface area (Å²) in [5.74, 6) is -0.488. The monoisotopic (exact) mass is 588 g/mol. The van der Waals surface area contributed by atoms with E-state index in [1.54, 1.807) is 30.0 Å². The summed E-state index contributed by atoms with van der Waals surface area (Å²) >= 11 is 6.20. The van der Waals surface area contributed by atoms with E-state index in [-0.39, 0.29) is 41.8 Å². The van der Waals surface area contributed by atoms with Crippen LogP contribution in [0.4, 0.5) is 18.9 Å². The smallest absolute Gasteiger partial charge is 0.418 e. The Morgan fingerprint density at radius 2 is 1.79 bits per heavy atom. The third kappa shape index (κ3) is 4.65. The molecule has 0 atom stereocenters. The number of fused-ring (bicyclic) bond motifs is 3. The van der Waals surface area contributed by atoms with Gasteiger partial charge in [-0.2, -0.15) is 13.2 Å². The number of aromatic nitrogens is 2. The number of benzene rings is 2. The van der Waals surface area contributed by atoms with Gasteiger partial charge in [-0.25, -0.2) is 4.98 Å². The van der Waals surface area contributed by atoms with Gasteiger partial charge in [0, 0.05) is 28.2 Å². The predicted octanol–water partition coefficient (Wildman–Crippen LogP) is 3.14. The van der Waals surface area contributed by atoms with Gasteiger partial charge in [-0.15, -0.1) is 0 Å². The molecule has 1 aliphatic carbocycles. The molecule has 15 heteroatoms. The van der Waals surface area contributed by atoms with Crippen LogP contribution in [0.25, 0.3) is 11.0 Å². The van der Waals surface area contributed by atoms with Crippen LogP contribution in [0.3, 0.4) is 0 Å². The summed E-state index contributed by atoms with van der Waals surface area (Å²) in [4.78, 5) is 18.7. The number of nitrogens with one attached hydrogen (secondary N) is 1. The van der Waals surface area contributed by atoms with Crippen molar-refractivity contribution >= 4 is 65.6 Å². The highest BCUT2D eigenvalue weighted by Crippen LogP contribution is 2.48. The van der Waals surface area contributed by atoms with Crippen molar-refractivity contribution < 1.29 is 27.8 Å². The van der Waals surface area contributed by atoms with Crippen molar-refractivity contribution in [2.24, 2.45) is 0 Å². The Morgan fingerprint density at radius 1 is 1.12 bits per heavy atom. The Balaban J connectivity index is 1.25. The number of carbonyl (C=O) groups excluding carboxylic acids is 1. The first-order valence-electron chi connectivity index (χ1n) is 13.4. The maximum Gasteiger partial charge on any atom is 0.418 e. The molecule has 2 fully saturated rings. The molecule has 1 aromatic heterocycles. The fraction of sp³-hybridized carbons (Fsp3) is 0.481. The lowest BCUT2D eigenvalue weighted by atomic mass is 9.39. The van der Waals surface area contributed by atoms with Crippen molar-refractivity contribution in [2.45, 2.75) is 66.6 Å². The van der Waals surface area contributed by atoms with E-state index >= 15 is 0 Å². The van der Waals surface area contributed by atoms with Crippen LogP contribution in [-0.2, 0) is 16.4 Å². The normalized spacial score (nSPS) is 24.4. The maximum absolute atomic E-state index is 14.3. The molecule has 1 amide bonds. The van der Waals surface area contributed by atoms with Gasteiger partial charge in [-0.1, -0.05) is 11.6 Å². The summed E-state index contributed by atoms with van der Waals surface area (Å²) in [6, 6.07) is 6.93. The van der Waals surface area contributed by atoms with E-state index in [9.17, 15) is 23.1 Å². The summed E-state index contributed by atoms with van der Waals surface area (Å²) in [6.45, 7) is 2.01. The fourth-order valence-electron chi connectivity index (χ4n) is 6.51. The van der Waals surface area contributed by atoms with Gasteiger partial charge in [0.15, 0.2) is 0 Å². The van der Waals surface area contributed by atoms with Crippen molar-refractivity contribution in [3.8, 4) is 5.75 Å². The zero-order chi connectivity index (χ0) is 30.5. The highest BCUT2D eigenvalue weighted by Gasteiger charge is 2.52. The highest BCUT2D eigenvalue weighted by molar-refractivity contribution is 6.54. The first kappa shape index (κ1) is 29.5. The topological polar surface area (TPSA) is 79.6 Å². The van der Waals surface area contributed by atoms with Gasteiger partial charge in [0.05, 0.1) is 49.6 Å². The number of ether oxygens (including phenoxy) is 1. The SMILES string of the molecule is [B]C([B])(Oc1cc(C(F)(F)F)c2c(c1)ncn2C1CC(C)(O)C1)C([B])([B])N1CCC2(CC1)C(=O)Nc1ccc(Cl)cc12. The largest absolute Gasteiger partial charge is 0.507 e. The van der Waals surface area contributed by atoms with Crippen molar-refractivity contribution in [3.63, 3.8) is 0 Å². The third-order valence-electron chi connectivity index (χ3n) is 8.93. The molecule has 42 heavy (non-hydrogen) atoms. The van der Waals surface area contributed by atoms with E-state index in [0.29, 0.717) is 36.4 Å². The molecule has 0 unspecified atom stereocenters. The van der Waals surface area contributed by atoms with Crippen molar-refractivity contribution in [3.05, 3.63) is 52.8 Å². The summed E-state index contributed by atoms with van der Waals surface area (Å²) in [7, 11) is 25.4. The summed E-state index contributed by atoms with van der Waals surface area (Å²) in [5, 5.41) is 9.09. The number of likely N-dealkylation sites (tertiary alicyclic amines) is 1. The highest BCUT2D eigenvalue weighted by atomic mass is 35.5. The number of carbonyl (C=O) groups is 1. The van der Waals surface area contributed by atoms with E-state index in [0.717, 1.165) is 11.6 Å². The van der Waals surface area contributed by atoms with Crippen LogP contribution in [0.1, 0.15) is 49.8 Å². The summed E-state index contributed by atoms with van der Waals surface area (Å²) < 4.78 is 49.9. The number of amides is 1. The van der Waals surface area contributed by atoms with Crippen LogP contribution in [0.2, 0.25) is 5.02 Å². The lowest BCUT2D eigenvalue weighted by Crippen LogP contribution is -2.71. The van der Waals surface area contributed by atoms with Gasteiger partial charge in [0.1, 0.15) is 21.4 Å². The molecule has 2 N–H and O–H groups in total. The van der Waals surface area contributed by atoms with Gasteiger partial charge in [-0.3, -0.25) is 4.79 Å². The molecule has 2 aliphatic heterocycles. The molecule has 1 saturated heterocycles. The fourth-order valence-corrected chi connectivity index (χ4v) is 6.69. The van der Waals surface area contributed by atoms with E-state index in [1.807, 2.05) is 0 Å². The van der Waals surface area contributed by atoms with Gasteiger partial charge < -0.3 is 24.6 Å². The Kier molecular flexibility index (Phi) is 6.65. The number of hydrogen-bond donors (Lipinski definition) is 2. The van der Waals surface area contributed by atoms with Crippen molar-refractivity contribution in [1.29, 1.82) is 0 Å². The van der Waals surface area contributed by atoms with Crippen LogP contribution >= 0.6 is 11.6 Å². The molecule has 3 aromatic rings. The predicted molar refractivity (Wildman–Crippen MR) is 155 cm³/mol. The lowest BCUT2D eigenvalue weighted by Gasteiger charge is -2.54. The number of piperidine rings is 1. The van der Waals surface area contributed by atoms with Crippen LogP contribution in [0, 0.1) is 0 Å². The van der Waals surface area contributed by atoms with Gasteiger partial charge in [0.2, 0.25) is 5.91 Å². The molecule has 1 spiro atoms. The van der Waals surface area contributed by atoms with Crippen molar-refractivity contribution in [1.82, 2.24) is 14.5 Å². The van der Waals surface area contributed by atoms with Crippen LogP contribution in [0.15, 0.2) is 36.7 Å². The zero-order valence-corrected chi connectivity index (χ0v) is 23.5. The Hall–Kier alpha value is -2.56. The van der Waals surface area contributed by atoms with E-state index in [1.165, 1.54) is 17.0 Å². The van der Waals surface area contributed by atoms with Crippen LogP contribution < -0.4 is 10.1 Å². The first-order valence-corrected chi connectivity index (χ1v) is 13.8. The molecule has 1 saturated carbocycles.